The Morgan fingerprint density at radius 1 is 1.10 bits per heavy atom. The summed E-state index contributed by atoms with van der Waals surface area (Å²) in [6.45, 7) is 6.67. The molecule has 2 aliphatic rings. The van der Waals surface area contributed by atoms with E-state index in [0.717, 1.165) is 67.8 Å². The maximum absolute atomic E-state index is 12.8. The molecule has 150 valence electrons. The van der Waals surface area contributed by atoms with E-state index < -0.39 is 0 Å². The van der Waals surface area contributed by atoms with Gasteiger partial charge >= 0.3 is 0 Å². The van der Waals surface area contributed by atoms with E-state index in [0.29, 0.717) is 17.5 Å². The number of para-hydroxylation sites is 1. The first-order chi connectivity index (χ1) is 14.2. The number of rotatable bonds is 4. The molecule has 29 heavy (non-hydrogen) atoms. The van der Waals surface area contributed by atoms with Gasteiger partial charge in [0.15, 0.2) is 5.58 Å². The summed E-state index contributed by atoms with van der Waals surface area (Å²) in [5, 5.41) is 5.49. The predicted molar refractivity (Wildman–Crippen MR) is 111 cm³/mol. The predicted octanol–water partition coefficient (Wildman–Crippen LogP) is 3.66. The Kier molecular flexibility index (Phi) is 4.79. The van der Waals surface area contributed by atoms with Crippen molar-refractivity contribution in [2.75, 3.05) is 32.7 Å². The Morgan fingerprint density at radius 3 is 2.79 bits per heavy atom. The summed E-state index contributed by atoms with van der Waals surface area (Å²) in [5.74, 6) is 0.854. The summed E-state index contributed by atoms with van der Waals surface area (Å²) < 4.78 is 5.49. The standard InChI is InChI=1S/C23H26N4O2/c1-16-15-27(23(28)22-18(16)6-4-10-24-22)14-13-26-11-8-17(9-12-26)21-19-5-2-3-7-20(19)29-25-21/h2-7,10,16-17H,8-9,11-15H2,1H3. The highest BCUT2D eigenvalue weighted by Gasteiger charge is 2.31. The summed E-state index contributed by atoms with van der Waals surface area (Å²) >= 11 is 0. The minimum absolute atomic E-state index is 0.0719. The lowest BCUT2D eigenvalue weighted by Gasteiger charge is -2.35. The summed E-state index contributed by atoms with van der Waals surface area (Å²) in [7, 11) is 0. The van der Waals surface area contributed by atoms with Gasteiger partial charge in [-0.2, -0.15) is 0 Å². The van der Waals surface area contributed by atoms with Gasteiger partial charge in [-0.15, -0.1) is 0 Å². The Labute approximate surface area is 170 Å². The first-order valence-corrected chi connectivity index (χ1v) is 10.5. The fraction of sp³-hybridized carbons (Fsp3) is 0.435. The SMILES string of the molecule is CC1CN(CCN2CCC(c3noc4ccccc34)CC2)C(=O)c2ncccc21. The molecule has 2 aromatic heterocycles. The van der Waals surface area contributed by atoms with Crippen LogP contribution in [0.4, 0.5) is 0 Å². The van der Waals surface area contributed by atoms with Gasteiger partial charge in [-0.05, 0) is 49.7 Å². The van der Waals surface area contributed by atoms with Gasteiger partial charge in [0, 0.05) is 43.1 Å². The van der Waals surface area contributed by atoms with Crippen molar-refractivity contribution in [3.63, 3.8) is 0 Å². The third-order valence-corrected chi connectivity index (χ3v) is 6.42. The van der Waals surface area contributed by atoms with Gasteiger partial charge in [0.1, 0.15) is 5.69 Å². The third-order valence-electron chi connectivity index (χ3n) is 6.42. The quantitative estimate of drug-likeness (QED) is 0.680. The zero-order valence-corrected chi connectivity index (χ0v) is 16.8. The van der Waals surface area contributed by atoms with Crippen molar-refractivity contribution in [3.05, 3.63) is 59.5 Å². The molecule has 0 bridgehead atoms. The first-order valence-electron chi connectivity index (χ1n) is 10.5. The van der Waals surface area contributed by atoms with Crippen LogP contribution >= 0.6 is 0 Å². The second-order valence-electron chi connectivity index (χ2n) is 8.27. The Morgan fingerprint density at radius 2 is 1.93 bits per heavy atom. The molecule has 1 atom stereocenters. The topological polar surface area (TPSA) is 62.5 Å². The summed E-state index contributed by atoms with van der Waals surface area (Å²) in [6, 6.07) is 12.0. The number of nitrogens with zero attached hydrogens (tertiary/aromatic N) is 4. The van der Waals surface area contributed by atoms with Crippen LogP contribution in [0.2, 0.25) is 0 Å². The fourth-order valence-electron chi connectivity index (χ4n) is 4.74. The molecule has 1 aromatic carbocycles. The van der Waals surface area contributed by atoms with Gasteiger partial charge in [-0.3, -0.25) is 9.78 Å². The van der Waals surface area contributed by atoms with E-state index in [1.807, 2.05) is 35.2 Å². The molecule has 0 radical (unpaired) electrons. The molecule has 1 unspecified atom stereocenters. The van der Waals surface area contributed by atoms with Crippen LogP contribution in [0.25, 0.3) is 11.0 Å². The van der Waals surface area contributed by atoms with Gasteiger partial charge < -0.3 is 14.3 Å². The second kappa shape index (κ2) is 7.59. The van der Waals surface area contributed by atoms with Crippen molar-refractivity contribution >= 4 is 16.9 Å². The number of amides is 1. The maximum Gasteiger partial charge on any atom is 0.272 e. The molecule has 6 heteroatoms. The lowest BCUT2D eigenvalue weighted by atomic mass is 9.91. The molecule has 1 fully saturated rings. The number of hydrogen-bond donors (Lipinski definition) is 0. The van der Waals surface area contributed by atoms with E-state index >= 15 is 0 Å². The molecule has 4 heterocycles. The van der Waals surface area contributed by atoms with Crippen molar-refractivity contribution in [2.24, 2.45) is 0 Å². The molecule has 2 aliphatic heterocycles. The molecule has 1 saturated heterocycles. The third kappa shape index (κ3) is 3.42. The van der Waals surface area contributed by atoms with Gasteiger partial charge in [0.05, 0.1) is 5.69 Å². The van der Waals surface area contributed by atoms with Gasteiger partial charge in [0.2, 0.25) is 0 Å². The van der Waals surface area contributed by atoms with Crippen molar-refractivity contribution in [3.8, 4) is 0 Å². The van der Waals surface area contributed by atoms with Crippen molar-refractivity contribution in [1.82, 2.24) is 19.9 Å². The van der Waals surface area contributed by atoms with Crippen LogP contribution < -0.4 is 0 Å². The van der Waals surface area contributed by atoms with Crippen LogP contribution in [0.3, 0.4) is 0 Å². The molecule has 0 aliphatic carbocycles. The molecule has 6 nitrogen and oxygen atoms in total. The number of carbonyl (C=O) groups is 1. The highest BCUT2D eigenvalue weighted by Crippen LogP contribution is 2.32. The smallest absolute Gasteiger partial charge is 0.272 e. The second-order valence-corrected chi connectivity index (χ2v) is 8.27. The lowest BCUT2D eigenvalue weighted by Crippen LogP contribution is -2.45. The average molecular weight is 390 g/mol. The zero-order valence-electron chi connectivity index (χ0n) is 16.8. The van der Waals surface area contributed by atoms with Gasteiger partial charge in [0.25, 0.3) is 5.91 Å². The number of likely N-dealkylation sites (tertiary alicyclic amines) is 1. The van der Waals surface area contributed by atoms with E-state index in [1.165, 1.54) is 0 Å². The van der Waals surface area contributed by atoms with Gasteiger partial charge in [-0.1, -0.05) is 30.3 Å². The number of aromatic nitrogens is 2. The molecular formula is C23H26N4O2. The minimum atomic E-state index is 0.0719. The number of piperidine rings is 1. The lowest BCUT2D eigenvalue weighted by molar-refractivity contribution is 0.0687. The van der Waals surface area contributed by atoms with E-state index in [2.05, 4.69) is 28.0 Å². The van der Waals surface area contributed by atoms with Crippen LogP contribution in [-0.2, 0) is 0 Å². The van der Waals surface area contributed by atoms with Crippen molar-refractivity contribution in [1.29, 1.82) is 0 Å². The normalized spacial score (nSPS) is 20.9. The van der Waals surface area contributed by atoms with Crippen LogP contribution in [0, 0.1) is 0 Å². The van der Waals surface area contributed by atoms with Gasteiger partial charge in [-0.25, -0.2) is 0 Å². The number of carbonyl (C=O) groups excluding carboxylic acids is 1. The summed E-state index contributed by atoms with van der Waals surface area (Å²) in [4.78, 5) is 21.6. The fourth-order valence-corrected chi connectivity index (χ4v) is 4.74. The van der Waals surface area contributed by atoms with E-state index in [4.69, 9.17) is 4.52 Å². The minimum Gasteiger partial charge on any atom is -0.356 e. The first kappa shape index (κ1) is 18.3. The molecular weight excluding hydrogens is 364 g/mol. The highest BCUT2D eigenvalue weighted by atomic mass is 16.5. The largest absolute Gasteiger partial charge is 0.356 e. The van der Waals surface area contributed by atoms with E-state index in [-0.39, 0.29) is 5.91 Å². The number of pyridine rings is 1. The van der Waals surface area contributed by atoms with Crippen molar-refractivity contribution < 1.29 is 9.32 Å². The monoisotopic (exact) mass is 390 g/mol. The molecule has 0 N–H and O–H groups in total. The Bertz CT molecular complexity index is 1020. The van der Waals surface area contributed by atoms with Crippen LogP contribution in [0.1, 0.15) is 53.3 Å². The average Bonchev–Trinajstić information content (AvgIpc) is 3.20. The maximum atomic E-state index is 12.8. The molecule has 0 saturated carbocycles. The highest BCUT2D eigenvalue weighted by molar-refractivity contribution is 5.95. The van der Waals surface area contributed by atoms with Crippen LogP contribution in [0.15, 0.2) is 47.1 Å². The van der Waals surface area contributed by atoms with Crippen LogP contribution in [-0.4, -0.2) is 58.6 Å². The summed E-state index contributed by atoms with van der Waals surface area (Å²) in [5.41, 5.74) is 3.68. The number of fused-ring (bicyclic) bond motifs is 2. The molecule has 5 rings (SSSR count). The number of benzene rings is 1. The molecule has 3 aromatic rings. The molecule has 0 spiro atoms. The number of hydrogen-bond acceptors (Lipinski definition) is 5. The molecule has 1 amide bonds. The van der Waals surface area contributed by atoms with Crippen molar-refractivity contribution in [2.45, 2.75) is 31.6 Å². The van der Waals surface area contributed by atoms with E-state index in [9.17, 15) is 4.79 Å². The van der Waals surface area contributed by atoms with Crippen LogP contribution in [0.5, 0.6) is 0 Å². The zero-order chi connectivity index (χ0) is 19.8. The Hall–Kier alpha value is -2.73. The summed E-state index contributed by atoms with van der Waals surface area (Å²) in [6.07, 6.45) is 3.86. The van der Waals surface area contributed by atoms with E-state index in [1.54, 1.807) is 6.20 Å². The Balaban J connectivity index is 1.18.